The van der Waals surface area contributed by atoms with Gasteiger partial charge in [0.1, 0.15) is 11.6 Å². The molecule has 6 heteroatoms. The van der Waals surface area contributed by atoms with E-state index in [9.17, 15) is 19.3 Å². The molecule has 0 bridgehead atoms. The van der Waals surface area contributed by atoms with Crippen LogP contribution in [0.4, 0.5) is 10.1 Å². The number of hydrogen-bond donors (Lipinski definition) is 0. The highest BCUT2D eigenvalue weighted by atomic mass is 19.1. The highest BCUT2D eigenvalue weighted by molar-refractivity contribution is 5.81. The number of ketones is 1. The fraction of sp³-hybridized carbons (Fsp3) is 0.462. The van der Waals surface area contributed by atoms with Gasteiger partial charge in [-0.2, -0.15) is 0 Å². The van der Waals surface area contributed by atoms with Gasteiger partial charge in [0.25, 0.3) is 5.69 Å². The van der Waals surface area contributed by atoms with Crippen LogP contribution in [-0.2, 0) is 11.3 Å². The topological polar surface area (TPSA) is 63.4 Å². The third-order valence-electron chi connectivity index (χ3n) is 3.32. The van der Waals surface area contributed by atoms with E-state index in [1.807, 2.05) is 11.8 Å². The quantitative estimate of drug-likeness (QED) is 0.621. The molecule has 0 aromatic heterocycles. The normalized spacial score (nSPS) is 20.5. The van der Waals surface area contributed by atoms with Gasteiger partial charge in [0.05, 0.1) is 11.0 Å². The van der Waals surface area contributed by atoms with E-state index >= 15 is 0 Å². The van der Waals surface area contributed by atoms with Crippen LogP contribution in [0.25, 0.3) is 0 Å². The first-order chi connectivity index (χ1) is 8.95. The highest BCUT2D eigenvalue weighted by Crippen LogP contribution is 2.20. The van der Waals surface area contributed by atoms with Crippen molar-refractivity contribution in [2.75, 3.05) is 13.1 Å². The minimum atomic E-state index is -0.606. The molecule has 0 amide bonds. The average Bonchev–Trinajstić information content (AvgIpc) is 2.33. The molecular formula is C13H15FN2O3. The molecule has 1 aromatic rings. The standard InChI is InChI=1S/C13H15FN2O3/c1-9-7-15(3-2-13(9)17)8-10-4-11(14)6-12(5-10)16(18)19/h4-6,9H,2-3,7-8H2,1H3. The summed E-state index contributed by atoms with van der Waals surface area (Å²) in [6.45, 7) is 3.52. The molecular weight excluding hydrogens is 251 g/mol. The zero-order valence-electron chi connectivity index (χ0n) is 10.6. The molecule has 1 saturated heterocycles. The summed E-state index contributed by atoms with van der Waals surface area (Å²) in [7, 11) is 0. The van der Waals surface area contributed by atoms with Gasteiger partial charge in [-0.3, -0.25) is 19.8 Å². The maximum atomic E-state index is 13.3. The lowest BCUT2D eigenvalue weighted by molar-refractivity contribution is -0.385. The van der Waals surface area contributed by atoms with Gasteiger partial charge < -0.3 is 0 Å². The maximum Gasteiger partial charge on any atom is 0.272 e. The lowest BCUT2D eigenvalue weighted by atomic mass is 9.98. The van der Waals surface area contributed by atoms with Crippen molar-refractivity contribution in [3.05, 3.63) is 39.7 Å². The largest absolute Gasteiger partial charge is 0.299 e. The first-order valence-corrected chi connectivity index (χ1v) is 6.14. The van der Waals surface area contributed by atoms with E-state index in [1.165, 1.54) is 12.1 Å². The molecule has 1 aliphatic rings. The smallest absolute Gasteiger partial charge is 0.272 e. The molecule has 0 aliphatic carbocycles. The number of nitro groups is 1. The third-order valence-corrected chi connectivity index (χ3v) is 3.32. The fourth-order valence-electron chi connectivity index (χ4n) is 2.33. The molecule has 102 valence electrons. The predicted molar refractivity (Wildman–Crippen MR) is 67.1 cm³/mol. The average molecular weight is 266 g/mol. The van der Waals surface area contributed by atoms with E-state index in [-0.39, 0.29) is 17.4 Å². The molecule has 0 N–H and O–H groups in total. The van der Waals surface area contributed by atoms with Crippen molar-refractivity contribution >= 4 is 11.5 Å². The fourth-order valence-corrected chi connectivity index (χ4v) is 2.33. The second-order valence-corrected chi connectivity index (χ2v) is 4.93. The van der Waals surface area contributed by atoms with Gasteiger partial charge in [0.15, 0.2) is 0 Å². The number of carbonyl (C=O) groups is 1. The Morgan fingerprint density at radius 1 is 1.47 bits per heavy atom. The van der Waals surface area contributed by atoms with Crippen molar-refractivity contribution in [2.24, 2.45) is 5.92 Å². The number of piperidine rings is 1. The molecule has 1 aliphatic heterocycles. The number of hydrogen-bond acceptors (Lipinski definition) is 4. The number of non-ortho nitro benzene ring substituents is 1. The van der Waals surface area contributed by atoms with Crippen molar-refractivity contribution < 1.29 is 14.1 Å². The summed E-state index contributed by atoms with van der Waals surface area (Å²) in [5.41, 5.74) is 0.324. The van der Waals surface area contributed by atoms with Crippen LogP contribution >= 0.6 is 0 Å². The Morgan fingerprint density at radius 3 is 2.84 bits per heavy atom. The third kappa shape index (κ3) is 3.35. The van der Waals surface area contributed by atoms with Gasteiger partial charge in [0, 0.05) is 38.0 Å². The lowest BCUT2D eigenvalue weighted by Crippen LogP contribution is -2.39. The number of rotatable bonds is 3. The second kappa shape index (κ2) is 5.44. The number of halogens is 1. The second-order valence-electron chi connectivity index (χ2n) is 4.93. The van der Waals surface area contributed by atoms with Crippen molar-refractivity contribution in [2.45, 2.75) is 19.9 Å². The molecule has 0 saturated carbocycles. The van der Waals surface area contributed by atoms with E-state index in [4.69, 9.17) is 0 Å². The van der Waals surface area contributed by atoms with Gasteiger partial charge in [-0.25, -0.2) is 4.39 Å². The molecule has 1 aromatic carbocycles. The Balaban J connectivity index is 2.11. The molecule has 0 radical (unpaired) electrons. The molecule has 19 heavy (non-hydrogen) atoms. The summed E-state index contributed by atoms with van der Waals surface area (Å²) in [5, 5.41) is 10.7. The van der Waals surface area contributed by atoms with Crippen LogP contribution in [0.15, 0.2) is 18.2 Å². The summed E-state index contributed by atoms with van der Waals surface area (Å²) in [6.07, 6.45) is 0.485. The molecule has 1 atom stereocenters. The zero-order valence-corrected chi connectivity index (χ0v) is 10.6. The number of nitrogens with zero attached hydrogens (tertiary/aromatic N) is 2. The maximum absolute atomic E-state index is 13.3. The van der Waals surface area contributed by atoms with Crippen LogP contribution in [-0.4, -0.2) is 28.7 Å². The van der Waals surface area contributed by atoms with Gasteiger partial charge in [0.2, 0.25) is 0 Å². The van der Waals surface area contributed by atoms with Crippen LogP contribution in [0.3, 0.4) is 0 Å². The van der Waals surface area contributed by atoms with Gasteiger partial charge >= 0.3 is 0 Å². The Kier molecular flexibility index (Phi) is 3.90. The number of carbonyl (C=O) groups excluding carboxylic acids is 1. The Hall–Kier alpha value is -1.82. The van der Waals surface area contributed by atoms with E-state index in [1.54, 1.807) is 0 Å². The summed E-state index contributed by atoms with van der Waals surface area (Å²) in [6, 6.07) is 3.59. The van der Waals surface area contributed by atoms with Crippen molar-refractivity contribution in [3.8, 4) is 0 Å². The molecule has 5 nitrogen and oxygen atoms in total. The van der Waals surface area contributed by atoms with Crippen LogP contribution in [0.1, 0.15) is 18.9 Å². The SMILES string of the molecule is CC1CN(Cc2cc(F)cc([N+](=O)[O-])c2)CCC1=O. The Morgan fingerprint density at radius 2 is 2.21 bits per heavy atom. The van der Waals surface area contributed by atoms with E-state index in [0.717, 1.165) is 6.07 Å². The van der Waals surface area contributed by atoms with Gasteiger partial charge in [-0.15, -0.1) is 0 Å². The van der Waals surface area contributed by atoms with E-state index in [0.29, 0.717) is 31.6 Å². The van der Waals surface area contributed by atoms with E-state index < -0.39 is 10.7 Å². The van der Waals surface area contributed by atoms with Crippen LogP contribution in [0.5, 0.6) is 0 Å². The van der Waals surface area contributed by atoms with Crippen LogP contribution in [0, 0.1) is 21.8 Å². The van der Waals surface area contributed by atoms with E-state index in [2.05, 4.69) is 0 Å². The zero-order chi connectivity index (χ0) is 14.0. The van der Waals surface area contributed by atoms with Crippen LogP contribution in [0.2, 0.25) is 0 Å². The molecule has 1 fully saturated rings. The molecule has 1 unspecified atom stereocenters. The molecule has 2 rings (SSSR count). The number of benzene rings is 1. The summed E-state index contributed by atoms with van der Waals surface area (Å²) < 4.78 is 13.3. The first-order valence-electron chi connectivity index (χ1n) is 6.14. The van der Waals surface area contributed by atoms with Crippen LogP contribution < -0.4 is 0 Å². The summed E-state index contributed by atoms with van der Waals surface area (Å²) >= 11 is 0. The van der Waals surface area contributed by atoms with Gasteiger partial charge in [-0.1, -0.05) is 6.92 Å². The predicted octanol–water partition coefficient (Wildman–Crippen LogP) is 2.14. The number of nitro benzene ring substituents is 1. The summed E-state index contributed by atoms with van der Waals surface area (Å²) in [4.78, 5) is 23.5. The molecule has 0 spiro atoms. The summed E-state index contributed by atoms with van der Waals surface area (Å²) in [5.74, 6) is -0.399. The van der Waals surface area contributed by atoms with Crippen molar-refractivity contribution in [1.29, 1.82) is 0 Å². The van der Waals surface area contributed by atoms with Crippen molar-refractivity contribution in [3.63, 3.8) is 0 Å². The van der Waals surface area contributed by atoms with Gasteiger partial charge in [-0.05, 0) is 11.6 Å². The highest BCUT2D eigenvalue weighted by Gasteiger charge is 2.23. The number of Topliss-reactive ketones (excluding diaryl/α,β-unsaturated/α-hetero) is 1. The van der Waals surface area contributed by atoms with Crippen molar-refractivity contribution in [1.82, 2.24) is 4.90 Å². The minimum absolute atomic E-state index is 0.0303. The lowest BCUT2D eigenvalue weighted by Gasteiger charge is -2.29. The monoisotopic (exact) mass is 266 g/mol. The first kappa shape index (κ1) is 13.6. The Bertz CT molecular complexity index is 519. The minimum Gasteiger partial charge on any atom is -0.299 e. The Labute approximate surface area is 110 Å². The molecule has 1 heterocycles. The number of likely N-dealkylation sites (tertiary alicyclic amines) is 1.